The van der Waals surface area contributed by atoms with Crippen LogP contribution in [0.3, 0.4) is 0 Å². The molecule has 1 aliphatic rings. The lowest BCUT2D eigenvalue weighted by Crippen LogP contribution is -2.29. The van der Waals surface area contributed by atoms with Gasteiger partial charge in [-0.25, -0.2) is 9.67 Å². The van der Waals surface area contributed by atoms with Crippen LogP contribution in [0.15, 0.2) is 6.20 Å². The zero-order valence-corrected chi connectivity index (χ0v) is 11.7. The highest BCUT2D eigenvalue weighted by Crippen LogP contribution is 2.32. The Morgan fingerprint density at radius 1 is 1.42 bits per heavy atom. The second-order valence-electron chi connectivity index (χ2n) is 4.90. The number of nitrogens with zero attached hydrogens (tertiary/aromatic N) is 5. The zero-order chi connectivity index (χ0) is 13.0. The maximum absolute atomic E-state index is 4.73. The molecule has 0 bridgehead atoms. The Morgan fingerprint density at radius 2 is 2.32 bits per heavy atom. The predicted octanol–water partition coefficient (Wildman–Crippen LogP) is 1.62. The Labute approximate surface area is 114 Å². The molecule has 0 unspecified atom stereocenters. The minimum Gasteiger partial charge on any atom is -0.343 e. The van der Waals surface area contributed by atoms with Gasteiger partial charge < -0.3 is 4.90 Å². The van der Waals surface area contributed by atoms with E-state index in [-0.39, 0.29) is 0 Å². The molecule has 19 heavy (non-hydrogen) atoms. The van der Waals surface area contributed by atoms with E-state index >= 15 is 0 Å². The summed E-state index contributed by atoms with van der Waals surface area (Å²) in [4.78, 5) is 7.05. The van der Waals surface area contributed by atoms with Gasteiger partial charge in [-0.3, -0.25) is 5.10 Å². The maximum Gasteiger partial charge on any atom is 0.188 e. The number of aromatic amines is 1. The van der Waals surface area contributed by atoms with Crippen molar-refractivity contribution < 1.29 is 0 Å². The number of H-pyrrole nitrogens is 1. The number of hydrogen-bond donors (Lipinski definition) is 1. The Balaban J connectivity index is 1.73. The number of hydrogen-bond acceptors (Lipinski definition) is 5. The van der Waals surface area contributed by atoms with Gasteiger partial charge in [-0.05, 0) is 6.92 Å². The zero-order valence-electron chi connectivity index (χ0n) is 10.8. The van der Waals surface area contributed by atoms with Crippen molar-refractivity contribution in [1.29, 1.82) is 0 Å². The van der Waals surface area contributed by atoms with Crippen molar-refractivity contribution in [3.8, 4) is 0 Å². The van der Waals surface area contributed by atoms with E-state index in [0.717, 1.165) is 36.0 Å². The molecular formula is C12H14N6S. The topological polar surface area (TPSA) is 62.6 Å². The minimum atomic E-state index is 0.887. The molecule has 0 saturated heterocycles. The van der Waals surface area contributed by atoms with Gasteiger partial charge in [-0.15, -0.1) is 0 Å². The van der Waals surface area contributed by atoms with Gasteiger partial charge in [-0.1, -0.05) is 11.3 Å². The molecule has 7 heteroatoms. The molecule has 0 amide bonds. The van der Waals surface area contributed by atoms with Gasteiger partial charge in [0.2, 0.25) is 0 Å². The molecule has 1 aliphatic heterocycles. The summed E-state index contributed by atoms with van der Waals surface area (Å²) in [6.45, 7) is 3.91. The number of anilines is 1. The number of aryl methyl sites for hydroxylation is 2. The molecule has 98 valence electrons. The normalized spacial score (nSPS) is 15.2. The molecule has 3 aromatic heterocycles. The SMILES string of the molecule is Cc1nn(C)c2nc(N3CCc4[nH]ncc4C3)sc12. The first kappa shape index (κ1) is 11.0. The Morgan fingerprint density at radius 3 is 3.16 bits per heavy atom. The molecule has 1 N–H and O–H groups in total. The third-order valence-electron chi connectivity index (χ3n) is 3.60. The largest absolute Gasteiger partial charge is 0.343 e. The fourth-order valence-corrected chi connectivity index (χ4v) is 3.65. The van der Waals surface area contributed by atoms with Crippen molar-refractivity contribution in [3.63, 3.8) is 0 Å². The Bertz CT molecular complexity index is 717. The van der Waals surface area contributed by atoms with E-state index in [1.807, 2.05) is 24.9 Å². The van der Waals surface area contributed by atoms with Crippen molar-refractivity contribution in [2.45, 2.75) is 19.9 Å². The van der Waals surface area contributed by atoms with Gasteiger partial charge in [0.05, 0.1) is 16.6 Å². The van der Waals surface area contributed by atoms with Crippen molar-refractivity contribution >= 4 is 26.8 Å². The summed E-state index contributed by atoms with van der Waals surface area (Å²) in [5, 5.41) is 12.6. The lowest BCUT2D eigenvalue weighted by atomic mass is 10.1. The maximum atomic E-state index is 4.73. The monoisotopic (exact) mass is 274 g/mol. The second-order valence-corrected chi connectivity index (χ2v) is 5.88. The molecule has 4 rings (SSSR count). The molecule has 0 atom stereocenters. The summed E-state index contributed by atoms with van der Waals surface area (Å²) < 4.78 is 3.05. The second kappa shape index (κ2) is 3.80. The van der Waals surface area contributed by atoms with Crippen LogP contribution >= 0.6 is 11.3 Å². The summed E-state index contributed by atoms with van der Waals surface area (Å²) >= 11 is 1.73. The molecule has 0 saturated carbocycles. The van der Waals surface area contributed by atoms with E-state index in [1.54, 1.807) is 11.3 Å². The first-order valence-electron chi connectivity index (χ1n) is 6.28. The predicted molar refractivity (Wildman–Crippen MR) is 74.5 cm³/mol. The van der Waals surface area contributed by atoms with Gasteiger partial charge in [0.25, 0.3) is 0 Å². The van der Waals surface area contributed by atoms with Crippen molar-refractivity contribution in [3.05, 3.63) is 23.1 Å². The highest BCUT2D eigenvalue weighted by atomic mass is 32.1. The van der Waals surface area contributed by atoms with Crippen LogP contribution in [0.1, 0.15) is 17.0 Å². The Kier molecular flexibility index (Phi) is 2.20. The van der Waals surface area contributed by atoms with Crippen LogP contribution in [0.2, 0.25) is 0 Å². The number of aromatic nitrogens is 5. The van der Waals surface area contributed by atoms with E-state index in [0.29, 0.717) is 0 Å². The van der Waals surface area contributed by atoms with Gasteiger partial charge in [0, 0.05) is 37.8 Å². The number of nitrogens with one attached hydrogen (secondary N) is 1. The van der Waals surface area contributed by atoms with Gasteiger partial charge in [-0.2, -0.15) is 10.2 Å². The average molecular weight is 274 g/mol. The van der Waals surface area contributed by atoms with E-state index in [2.05, 4.69) is 20.2 Å². The first-order valence-corrected chi connectivity index (χ1v) is 7.10. The van der Waals surface area contributed by atoms with Crippen LogP contribution in [-0.4, -0.2) is 31.5 Å². The smallest absolute Gasteiger partial charge is 0.188 e. The summed E-state index contributed by atoms with van der Waals surface area (Å²) in [5.41, 5.74) is 4.58. The fourth-order valence-electron chi connectivity index (χ4n) is 2.59. The van der Waals surface area contributed by atoms with Crippen molar-refractivity contribution in [2.24, 2.45) is 7.05 Å². The molecule has 6 nitrogen and oxygen atoms in total. The Hall–Kier alpha value is -1.89. The lowest BCUT2D eigenvalue weighted by Gasteiger charge is -2.25. The van der Waals surface area contributed by atoms with Gasteiger partial charge in [0.15, 0.2) is 10.8 Å². The number of rotatable bonds is 1. The van der Waals surface area contributed by atoms with Crippen molar-refractivity contribution in [2.75, 3.05) is 11.4 Å². The van der Waals surface area contributed by atoms with Crippen LogP contribution < -0.4 is 4.90 Å². The summed E-state index contributed by atoms with van der Waals surface area (Å²) in [6, 6.07) is 0. The first-order chi connectivity index (χ1) is 9.22. The molecule has 0 fully saturated rings. The van der Waals surface area contributed by atoms with E-state index in [4.69, 9.17) is 4.98 Å². The fraction of sp³-hybridized carbons (Fsp3) is 0.417. The van der Waals surface area contributed by atoms with Crippen LogP contribution in [-0.2, 0) is 20.0 Å². The number of fused-ring (bicyclic) bond motifs is 2. The van der Waals surface area contributed by atoms with E-state index in [9.17, 15) is 0 Å². The molecule has 4 heterocycles. The summed E-state index contributed by atoms with van der Waals surface area (Å²) in [6.07, 6.45) is 2.92. The standard InChI is InChI=1S/C12H14N6S/c1-7-10-11(17(2)16-7)14-12(19-10)18-4-3-9-8(6-18)5-13-15-9/h5H,3-4,6H2,1-2H3,(H,13,15). The molecule has 0 radical (unpaired) electrons. The van der Waals surface area contributed by atoms with E-state index < -0.39 is 0 Å². The number of thiazole rings is 1. The van der Waals surface area contributed by atoms with Gasteiger partial charge in [0.1, 0.15) is 0 Å². The molecule has 0 aliphatic carbocycles. The van der Waals surface area contributed by atoms with Crippen molar-refractivity contribution in [1.82, 2.24) is 25.0 Å². The highest BCUT2D eigenvalue weighted by molar-refractivity contribution is 7.22. The van der Waals surface area contributed by atoms with Crippen LogP contribution in [0, 0.1) is 6.92 Å². The van der Waals surface area contributed by atoms with Crippen LogP contribution in [0.4, 0.5) is 5.13 Å². The lowest BCUT2D eigenvalue weighted by molar-refractivity contribution is 0.715. The van der Waals surface area contributed by atoms with Crippen LogP contribution in [0.25, 0.3) is 10.3 Å². The van der Waals surface area contributed by atoms with E-state index in [1.165, 1.54) is 16.0 Å². The third-order valence-corrected chi connectivity index (χ3v) is 4.82. The molecule has 3 aromatic rings. The summed E-state index contributed by atoms with van der Waals surface area (Å²) in [7, 11) is 1.95. The summed E-state index contributed by atoms with van der Waals surface area (Å²) in [5.74, 6) is 0. The molecule has 0 spiro atoms. The highest BCUT2D eigenvalue weighted by Gasteiger charge is 2.22. The quantitative estimate of drug-likeness (QED) is 0.732. The minimum absolute atomic E-state index is 0.887. The molecule has 0 aromatic carbocycles. The average Bonchev–Trinajstić information content (AvgIpc) is 3.08. The van der Waals surface area contributed by atoms with Crippen LogP contribution in [0.5, 0.6) is 0 Å². The third kappa shape index (κ3) is 1.58. The molecular weight excluding hydrogens is 260 g/mol. The van der Waals surface area contributed by atoms with Gasteiger partial charge >= 0.3 is 0 Å².